The maximum absolute atomic E-state index is 12.7. The summed E-state index contributed by atoms with van der Waals surface area (Å²) in [6.07, 6.45) is 1.36. The lowest BCUT2D eigenvalue weighted by Gasteiger charge is -2.12. The van der Waals surface area contributed by atoms with Gasteiger partial charge in [0, 0.05) is 10.2 Å². The Balaban J connectivity index is 1.81. The van der Waals surface area contributed by atoms with Crippen LogP contribution in [0.5, 0.6) is 0 Å². The highest BCUT2D eigenvalue weighted by atomic mass is 79.9. The van der Waals surface area contributed by atoms with Crippen LogP contribution >= 0.6 is 15.9 Å². The van der Waals surface area contributed by atoms with Crippen LogP contribution in [0, 0.1) is 17.2 Å². The van der Waals surface area contributed by atoms with Gasteiger partial charge in [0.1, 0.15) is 11.6 Å². The molecule has 0 fully saturated rings. The van der Waals surface area contributed by atoms with Gasteiger partial charge in [0.25, 0.3) is 11.8 Å². The van der Waals surface area contributed by atoms with E-state index in [1.165, 1.54) is 11.1 Å². The molecule has 27 heavy (non-hydrogen) atoms. The van der Waals surface area contributed by atoms with E-state index in [4.69, 9.17) is 0 Å². The van der Waals surface area contributed by atoms with Gasteiger partial charge in [0.05, 0.1) is 17.3 Å². The molecule has 2 aromatic rings. The van der Waals surface area contributed by atoms with E-state index in [-0.39, 0.29) is 11.5 Å². The van der Waals surface area contributed by atoms with Crippen LogP contribution < -0.4 is 10.3 Å². The van der Waals surface area contributed by atoms with Gasteiger partial charge in [-0.05, 0) is 43.3 Å². The second-order valence-corrected chi connectivity index (χ2v) is 6.78. The highest BCUT2D eigenvalue weighted by molar-refractivity contribution is 9.10. The van der Waals surface area contributed by atoms with Crippen molar-refractivity contribution < 1.29 is 9.59 Å². The molecule has 1 aliphatic heterocycles. The minimum atomic E-state index is -0.756. The van der Waals surface area contributed by atoms with Gasteiger partial charge in [0.2, 0.25) is 0 Å². The molecule has 3 rings (SSSR count). The molecular weight excluding hydrogens is 408 g/mol. The third-order valence-electron chi connectivity index (χ3n) is 3.96. The number of para-hydroxylation sites is 1. The lowest BCUT2D eigenvalue weighted by molar-refractivity contribution is -0.118. The monoisotopic (exact) mass is 422 g/mol. The van der Waals surface area contributed by atoms with Gasteiger partial charge in [-0.1, -0.05) is 40.2 Å². The summed E-state index contributed by atoms with van der Waals surface area (Å²) in [5.41, 5.74) is 1.56. The smallest absolute Gasteiger partial charge is 0.266 e. The predicted octanol–water partition coefficient (Wildman–Crippen LogP) is 3.88. The Morgan fingerprint density at radius 1 is 1.26 bits per heavy atom. The van der Waals surface area contributed by atoms with Gasteiger partial charge in [-0.25, -0.2) is 0 Å². The first-order valence-electron chi connectivity index (χ1n) is 8.12. The Morgan fingerprint density at radius 3 is 2.67 bits per heavy atom. The van der Waals surface area contributed by atoms with E-state index >= 15 is 0 Å². The molecule has 2 amide bonds. The molecule has 1 N–H and O–H groups in total. The third-order valence-corrected chi connectivity index (χ3v) is 4.46. The minimum Gasteiger partial charge on any atom is -0.321 e. The number of hydrazone groups is 1. The lowest BCUT2D eigenvalue weighted by Crippen LogP contribution is -2.27. The fourth-order valence-electron chi connectivity index (χ4n) is 2.62. The quantitative estimate of drug-likeness (QED) is 0.598. The van der Waals surface area contributed by atoms with Crippen LogP contribution in [0.1, 0.15) is 6.92 Å². The number of rotatable bonds is 4. The summed E-state index contributed by atoms with van der Waals surface area (Å²) in [6.45, 7) is 1.70. The third kappa shape index (κ3) is 4.13. The molecule has 6 nitrogen and oxygen atoms in total. The molecule has 0 radical (unpaired) electrons. The molecule has 0 saturated carbocycles. The maximum Gasteiger partial charge on any atom is 0.266 e. The predicted molar refractivity (Wildman–Crippen MR) is 107 cm³/mol. The van der Waals surface area contributed by atoms with Gasteiger partial charge in [-0.15, -0.1) is 0 Å². The molecule has 2 aromatic carbocycles. The van der Waals surface area contributed by atoms with E-state index < -0.39 is 11.8 Å². The van der Waals surface area contributed by atoms with Crippen molar-refractivity contribution in [2.45, 2.75) is 6.92 Å². The normalized spacial score (nSPS) is 16.7. The zero-order valence-electron chi connectivity index (χ0n) is 14.4. The molecule has 0 aliphatic carbocycles. The number of nitrogens with one attached hydrogen (secondary N) is 1. The van der Waals surface area contributed by atoms with Crippen molar-refractivity contribution in [1.82, 2.24) is 0 Å². The van der Waals surface area contributed by atoms with Crippen molar-refractivity contribution in [3.8, 4) is 6.07 Å². The van der Waals surface area contributed by atoms with E-state index in [1.807, 2.05) is 30.3 Å². The minimum absolute atomic E-state index is 0.141. The summed E-state index contributed by atoms with van der Waals surface area (Å²) in [4.78, 5) is 25.1. The maximum atomic E-state index is 12.7. The fraction of sp³-hybridized carbons (Fsp3) is 0.100. The highest BCUT2D eigenvalue weighted by Gasteiger charge is 2.33. The molecule has 0 spiro atoms. The molecule has 0 bridgehead atoms. The average molecular weight is 423 g/mol. The Bertz CT molecular complexity index is 993. The van der Waals surface area contributed by atoms with Crippen LogP contribution in [0.2, 0.25) is 0 Å². The van der Waals surface area contributed by atoms with E-state index in [0.717, 1.165) is 4.47 Å². The molecule has 134 valence electrons. The van der Waals surface area contributed by atoms with Crippen LogP contribution in [-0.2, 0) is 9.59 Å². The molecular formula is C20H15BrN4O2. The van der Waals surface area contributed by atoms with Gasteiger partial charge in [-0.3, -0.25) is 9.59 Å². The van der Waals surface area contributed by atoms with Crippen molar-refractivity contribution in [3.05, 3.63) is 70.7 Å². The van der Waals surface area contributed by atoms with E-state index in [0.29, 0.717) is 17.1 Å². The second kappa shape index (κ2) is 7.98. The zero-order chi connectivity index (χ0) is 19.4. The number of hydrogen-bond donors (Lipinski definition) is 1. The molecule has 0 saturated heterocycles. The van der Waals surface area contributed by atoms with Crippen molar-refractivity contribution in [2.24, 2.45) is 11.0 Å². The number of hydrogen-bond acceptors (Lipinski definition) is 4. The first kappa shape index (κ1) is 18.5. The summed E-state index contributed by atoms with van der Waals surface area (Å²) >= 11 is 3.32. The number of carbonyl (C=O) groups is 2. The second-order valence-electron chi connectivity index (χ2n) is 5.86. The Morgan fingerprint density at radius 2 is 2.00 bits per heavy atom. The summed E-state index contributed by atoms with van der Waals surface area (Å²) in [6, 6.07) is 17.9. The van der Waals surface area contributed by atoms with E-state index in [2.05, 4.69) is 26.3 Å². The molecule has 0 unspecified atom stereocenters. The van der Waals surface area contributed by atoms with Gasteiger partial charge in [0.15, 0.2) is 0 Å². The summed E-state index contributed by atoms with van der Waals surface area (Å²) in [7, 11) is 0. The number of nitriles is 1. The Labute approximate surface area is 164 Å². The SMILES string of the molecule is CC1=NN(c2ccccc2)C(=O)[C@H]1/C=C(/C#N)C(=O)Nc1cccc(Br)c1. The number of amides is 2. The van der Waals surface area contributed by atoms with Crippen LogP contribution in [0.15, 0.2) is 75.8 Å². The van der Waals surface area contributed by atoms with E-state index in [9.17, 15) is 14.9 Å². The van der Waals surface area contributed by atoms with Crippen molar-refractivity contribution in [1.29, 1.82) is 5.26 Å². The molecule has 0 aromatic heterocycles. The highest BCUT2D eigenvalue weighted by Crippen LogP contribution is 2.25. The molecule has 7 heteroatoms. The Kier molecular flexibility index (Phi) is 5.48. The Hall–Kier alpha value is -3.24. The summed E-state index contributed by atoms with van der Waals surface area (Å²) < 4.78 is 0.801. The van der Waals surface area contributed by atoms with E-state index in [1.54, 1.807) is 37.3 Å². The molecule has 1 aliphatic rings. The first-order valence-corrected chi connectivity index (χ1v) is 8.92. The number of nitrogens with zero attached hydrogens (tertiary/aromatic N) is 3. The first-order chi connectivity index (χ1) is 13.0. The number of carbonyl (C=O) groups excluding carboxylic acids is 2. The van der Waals surface area contributed by atoms with Gasteiger partial charge in [-0.2, -0.15) is 15.4 Å². The van der Waals surface area contributed by atoms with Crippen LogP contribution in [0.3, 0.4) is 0 Å². The summed E-state index contributed by atoms with van der Waals surface area (Å²) in [5.74, 6) is -1.64. The zero-order valence-corrected chi connectivity index (χ0v) is 16.0. The number of halogens is 1. The van der Waals surface area contributed by atoms with Crippen molar-refractivity contribution in [3.63, 3.8) is 0 Å². The molecule has 1 heterocycles. The lowest BCUT2D eigenvalue weighted by atomic mass is 10.0. The molecule has 1 atom stereocenters. The number of benzene rings is 2. The van der Waals surface area contributed by atoms with Crippen molar-refractivity contribution in [2.75, 3.05) is 10.3 Å². The number of anilines is 2. The van der Waals surface area contributed by atoms with Crippen LogP contribution in [-0.4, -0.2) is 17.5 Å². The van der Waals surface area contributed by atoms with Gasteiger partial charge < -0.3 is 5.32 Å². The fourth-order valence-corrected chi connectivity index (χ4v) is 3.02. The standard InChI is InChI=1S/C20H15BrN4O2/c1-13-18(20(27)25(24-13)17-8-3-2-4-9-17)10-14(12-22)19(26)23-16-7-5-6-15(21)11-16/h2-11,18H,1H3,(H,23,26)/b14-10-/t18-/m0/s1. The van der Waals surface area contributed by atoms with Gasteiger partial charge >= 0.3 is 0 Å². The summed E-state index contributed by atoms with van der Waals surface area (Å²) in [5, 5.41) is 17.6. The van der Waals surface area contributed by atoms with Crippen LogP contribution in [0.4, 0.5) is 11.4 Å². The topological polar surface area (TPSA) is 85.6 Å². The van der Waals surface area contributed by atoms with Crippen LogP contribution in [0.25, 0.3) is 0 Å². The van der Waals surface area contributed by atoms with Crippen molar-refractivity contribution >= 4 is 44.8 Å². The average Bonchev–Trinajstić information content (AvgIpc) is 2.94. The largest absolute Gasteiger partial charge is 0.321 e.